The number of hydrogen-bond donors (Lipinski definition) is 1. The van der Waals surface area contributed by atoms with Crippen LogP contribution in [-0.4, -0.2) is 16.1 Å². The fraction of sp³-hybridized carbons (Fsp3) is 0.300. The fourth-order valence-electron chi connectivity index (χ4n) is 1.59. The van der Waals surface area contributed by atoms with Crippen molar-refractivity contribution in [2.45, 2.75) is 13.0 Å². The molecule has 0 bridgehead atoms. The largest absolute Gasteiger partial charge is 0.328 e. The van der Waals surface area contributed by atoms with Gasteiger partial charge < -0.3 is 10.3 Å². The number of rotatable bonds is 3. The molecule has 1 atom stereocenters. The summed E-state index contributed by atoms with van der Waals surface area (Å²) < 4.78 is 2.11. The van der Waals surface area contributed by atoms with Crippen molar-refractivity contribution in [3.8, 4) is 0 Å². The van der Waals surface area contributed by atoms with Crippen molar-refractivity contribution in [1.82, 2.24) is 9.55 Å². The van der Waals surface area contributed by atoms with Gasteiger partial charge in [-0.25, -0.2) is 4.98 Å². The maximum atomic E-state index is 5.78. The smallest absolute Gasteiger partial charge is 0.106 e. The number of hydrogen-bond acceptors (Lipinski definition) is 3. The van der Waals surface area contributed by atoms with Crippen LogP contribution in [0.3, 0.4) is 0 Å². The molecule has 0 saturated carbocycles. The highest BCUT2D eigenvalue weighted by Gasteiger charge is 2.13. The van der Waals surface area contributed by atoms with E-state index in [0.717, 1.165) is 5.82 Å². The molecule has 1 unspecified atom stereocenters. The number of aromatic nitrogens is 2. The Kier molecular flexibility index (Phi) is 2.65. The van der Waals surface area contributed by atoms with Crippen LogP contribution in [0.4, 0.5) is 0 Å². The summed E-state index contributed by atoms with van der Waals surface area (Å²) in [6.45, 7) is 2.60. The molecule has 0 amide bonds. The molecule has 0 aliphatic heterocycles. The van der Waals surface area contributed by atoms with E-state index < -0.39 is 0 Å². The van der Waals surface area contributed by atoms with Crippen molar-refractivity contribution >= 4 is 11.3 Å². The summed E-state index contributed by atoms with van der Waals surface area (Å²) in [5.74, 6) is 1.01. The minimum absolute atomic E-state index is 0.226. The molecule has 2 aromatic heterocycles. The van der Waals surface area contributed by atoms with Gasteiger partial charge in [0.15, 0.2) is 0 Å². The molecule has 14 heavy (non-hydrogen) atoms. The topological polar surface area (TPSA) is 43.8 Å². The van der Waals surface area contributed by atoms with Crippen molar-refractivity contribution in [1.29, 1.82) is 0 Å². The maximum absolute atomic E-state index is 5.78. The molecule has 2 rings (SSSR count). The van der Waals surface area contributed by atoms with Gasteiger partial charge >= 0.3 is 0 Å². The Balaban J connectivity index is 2.36. The Morgan fingerprint density at radius 3 is 3.00 bits per heavy atom. The van der Waals surface area contributed by atoms with Crippen LogP contribution in [0.2, 0.25) is 0 Å². The van der Waals surface area contributed by atoms with Gasteiger partial charge in [-0.15, -0.1) is 0 Å². The standard InChI is InChI=1S/C10H13N3S/c1-8-12-3-4-13(8)10(6-11)9-2-5-14-7-9/h2-5,7,10H,6,11H2,1H3. The summed E-state index contributed by atoms with van der Waals surface area (Å²) in [6, 6.07) is 2.34. The Morgan fingerprint density at radius 2 is 2.50 bits per heavy atom. The van der Waals surface area contributed by atoms with Crippen LogP contribution in [0.5, 0.6) is 0 Å². The normalized spacial score (nSPS) is 13.0. The third-order valence-corrected chi connectivity index (χ3v) is 3.05. The molecule has 4 heteroatoms. The Morgan fingerprint density at radius 1 is 1.64 bits per heavy atom. The van der Waals surface area contributed by atoms with Gasteiger partial charge in [-0.1, -0.05) is 0 Å². The van der Waals surface area contributed by atoms with Gasteiger partial charge in [0.25, 0.3) is 0 Å². The number of nitrogens with two attached hydrogens (primary N) is 1. The quantitative estimate of drug-likeness (QED) is 0.834. The predicted molar refractivity (Wildman–Crippen MR) is 58.5 cm³/mol. The van der Waals surface area contributed by atoms with Crippen molar-refractivity contribution in [2.75, 3.05) is 6.54 Å². The highest BCUT2D eigenvalue weighted by atomic mass is 32.1. The van der Waals surface area contributed by atoms with Crippen LogP contribution in [0.15, 0.2) is 29.2 Å². The summed E-state index contributed by atoms with van der Waals surface area (Å²) in [7, 11) is 0. The van der Waals surface area contributed by atoms with Gasteiger partial charge in [0.1, 0.15) is 5.82 Å². The molecule has 0 saturated heterocycles. The van der Waals surface area contributed by atoms with Gasteiger partial charge in [-0.2, -0.15) is 11.3 Å². The molecular weight excluding hydrogens is 194 g/mol. The third-order valence-electron chi connectivity index (χ3n) is 2.35. The summed E-state index contributed by atoms with van der Waals surface area (Å²) in [6.07, 6.45) is 3.79. The first-order valence-corrected chi connectivity index (χ1v) is 5.49. The zero-order valence-corrected chi connectivity index (χ0v) is 8.87. The van der Waals surface area contributed by atoms with Crippen molar-refractivity contribution < 1.29 is 0 Å². The minimum atomic E-state index is 0.226. The first-order chi connectivity index (χ1) is 6.83. The first-order valence-electron chi connectivity index (χ1n) is 4.54. The Hall–Kier alpha value is -1.13. The predicted octanol–water partition coefficient (Wildman–Crippen LogP) is 1.80. The second-order valence-corrected chi connectivity index (χ2v) is 3.97. The van der Waals surface area contributed by atoms with E-state index in [9.17, 15) is 0 Å². The van der Waals surface area contributed by atoms with Gasteiger partial charge in [0.2, 0.25) is 0 Å². The van der Waals surface area contributed by atoms with Crippen LogP contribution in [-0.2, 0) is 0 Å². The van der Waals surface area contributed by atoms with E-state index >= 15 is 0 Å². The van der Waals surface area contributed by atoms with Crippen molar-refractivity contribution in [3.05, 3.63) is 40.6 Å². The number of nitrogens with zero attached hydrogens (tertiary/aromatic N) is 2. The van der Waals surface area contributed by atoms with Crippen LogP contribution < -0.4 is 5.73 Å². The zero-order valence-electron chi connectivity index (χ0n) is 8.05. The van der Waals surface area contributed by atoms with Gasteiger partial charge in [0.05, 0.1) is 6.04 Å². The van der Waals surface area contributed by atoms with Crippen LogP contribution in [0, 0.1) is 6.92 Å². The van der Waals surface area contributed by atoms with E-state index in [1.165, 1.54) is 5.56 Å². The summed E-state index contributed by atoms with van der Waals surface area (Å²) >= 11 is 1.70. The number of thiophene rings is 1. The average Bonchev–Trinajstić information content (AvgIpc) is 2.80. The van der Waals surface area contributed by atoms with E-state index in [1.807, 2.05) is 19.3 Å². The second kappa shape index (κ2) is 3.94. The Bertz CT molecular complexity index is 391. The van der Waals surface area contributed by atoms with E-state index in [1.54, 1.807) is 11.3 Å². The molecule has 0 radical (unpaired) electrons. The first kappa shape index (κ1) is 9.43. The molecule has 3 nitrogen and oxygen atoms in total. The molecule has 2 aromatic rings. The lowest BCUT2D eigenvalue weighted by molar-refractivity contribution is 0.580. The molecular formula is C10H13N3S. The number of aryl methyl sites for hydroxylation is 1. The van der Waals surface area contributed by atoms with Crippen molar-refractivity contribution in [3.63, 3.8) is 0 Å². The van der Waals surface area contributed by atoms with E-state index in [4.69, 9.17) is 5.73 Å². The molecule has 0 spiro atoms. The van der Waals surface area contributed by atoms with Crippen molar-refractivity contribution in [2.24, 2.45) is 5.73 Å². The van der Waals surface area contributed by atoms with Crippen LogP contribution in [0.1, 0.15) is 17.4 Å². The van der Waals surface area contributed by atoms with Gasteiger partial charge in [-0.3, -0.25) is 0 Å². The summed E-state index contributed by atoms with van der Waals surface area (Å²) in [5.41, 5.74) is 7.04. The summed E-state index contributed by atoms with van der Waals surface area (Å²) in [4.78, 5) is 4.21. The van der Waals surface area contributed by atoms with Gasteiger partial charge in [-0.05, 0) is 29.3 Å². The molecule has 0 aliphatic carbocycles. The SMILES string of the molecule is Cc1nccn1C(CN)c1ccsc1. The van der Waals surface area contributed by atoms with Crippen LogP contribution in [0.25, 0.3) is 0 Å². The second-order valence-electron chi connectivity index (χ2n) is 3.19. The van der Waals surface area contributed by atoms with E-state index in [-0.39, 0.29) is 6.04 Å². The molecule has 2 heterocycles. The molecule has 0 fully saturated rings. The zero-order chi connectivity index (χ0) is 9.97. The highest BCUT2D eigenvalue weighted by molar-refractivity contribution is 7.07. The lowest BCUT2D eigenvalue weighted by Gasteiger charge is -2.16. The average molecular weight is 207 g/mol. The molecule has 74 valence electrons. The third kappa shape index (κ3) is 1.58. The van der Waals surface area contributed by atoms with E-state index in [0.29, 0.717) is 6.54 Å². The lowest BCUT2D eigenvalue weighted by atomic mass is 10.1. The van der Waals surface area contributed by atoms with Gasteiger partial charge in [0, 0.05) is 18.9 Å². The Labute approximate surface area is 87.2 Å². The molecule has 0 aliphatic rings. The molecule has 0 aromatic carbocycles. The summed E-state index contributed by atoms with van der Waals surface area (Å²) in [5, 5.41) is 4.21. The monoisotopic (exact) mass is 207 g/mol. The highest BCUT2D eigenvalue weighted by Crippen LogP contribution is 2.20. The van der Waals surface area contributed by atoms with E-state index in [2.05, 4.69) is 26.4 Å². The maximum Gasteiger partial charge on any atom is 0.106 e. The number of imidazole rings is 1. The molecule has 2 N–H and O–H groups in total. The lowest BCUT2D eigenvalue weighted by Crippen LogP contribution is -2.20. The van der Waals surface area contributed by atoms with Crippen LogP contribution >= 0.6 is 11.3 Å². The minimum Gasteiger partial charge on any atom is -0.328 e. The fourth-order valence-corrected chi connectivity index (χ4v) is 2.30.